The summed E-state index contributed by atoms with van der Waals surface area (Å²) in [6, 6.07) is 16.8. The van der Waals surface area contributed by atoms with Crippen molar-refractivity contribution in [2.24, 2.45) is 5.92 Å². The molecule has 2 aromatic rings. The van der Waals surface area contributed by atoms with Crippen molar-refractivity contribution in [1.82, 2.24) is 0 Å². The fourth-order valence-corrected chi connectivity index (χ4v) is 2.96. The molecule has 0 N–H and O–H groups in total. The summed E-state index contributed by atoms with van der Waals surface area (Å²) in [5, 5.41) is 0. The van der Waals surface area contributed by atoms with Gasteiger partial charge in [-0.1, -0.05) is 62.7 Å². The summed E-state index contributed by atoms with van der Waals surface area (Å²) in [5.74, 6) is 0.756. The maximum absolute atomic E-state index is 12.7. The molecule has 0 spiro atoms. The summed E-state index contributed by atoms with van der Waals surface area (Å²) in [7, 11) is 1.71. The molecule has 0 saturated carbocycles. The van der Waals surface area contributed by atoms with Gasteiger partial charge >= 0.3 is 0 Å². The van der Waals surface area contributed by atoms with Gasteiger partial charge in [-0.15, -0.1) is 0 Å². The Balaban J connectivity index is 2.21. The van der Waals surface area contributed by atoms with Gasteiger partial charge in [0.2, 0.25) is 0 Å². The van der Waals surface area contributed by atoms with E-state index in [1.165, 1.54) is 5.56 Å². The van der Waals surface area contributed by atoms with E-state index in [-0.39, 0.29) is 0 Å². The van der Waals surface area contributed by atoms with E-state index in [9.17, 15) is 4.79 Å². The van der Waals surface area contributed by atoms with Crippen LogP contribution >= 0.6 is 0 Å². The van der Waals surface area contributed by atoms with Crippen LogP contribution in [0.2, 0.25) is 0 Å². The molecule has 1 atom stereocenters. The molecule has 2 heteroatoms. The van der Waals surface area contributed by atoms with Gasteiger partial charge in [-0.3, -0.25) is 4.79 Å². The highest BCUT2D eigenvalue weighted by Gasteiger charge is 2.29. The summed E-state index contributed by atoms with van der Waals surface area (Å²) in [6.07, 6.45) is 1.68. The molecule has 0 aliphatic heterocycles. The van der Waals surface area contributed by atoms with Crippen molar-refractivity contribution in [3.63, 3.8) is 0 Å². The molecule has 0 aliphatic carbocycles. The summed E-state index contributed by atoms with van der Waals surface area (Å²) in [6.45, 7) is 8.96. The van der Waals surface area contributed by atoms with Crippen LogP contribution < -0.4 is 0 Å². The molecule has 0 saturated heterocycles. The van der Waals surface area contributed by atoms with E-state index < -0.39 is 5.41 Å². The maximum Gasteiger partial charge on any atom is 0.143 e. The Kier molecular flexibility index (Phi) is 6.55. The predicted octanol–water partition coefficient (Wildman–Crippen LogP) is 5.78. The lowest BCUT2D eigenvalue weighted by atomic mass is 9.77. The molecular formula is C23H30O2. The fourth-order valence-electron chi connectivity index (χ4n) is 2.96. The first-order valence-corrected chi connectivity index (χ1v) is 9.10. The summed E-state index contributed by atoms with van der Waals surface area (Å²) in [4.78, 5) is 12.7. The topological polar surface area (TPSA) is 26.3 Å². The molecule has 2 aromatic carbocycles. The van der Waals surface area contributed by atoms with Crippen molar-refractivity contribution >= 4 is 5.78 Å². The molecule has 0 aliphatic rings. The molecule has 0 unspecified atom stereocenters. The largest absolute Gasteiger partial charge is 0.380 e. The van der Waals surface area contributed by atoms with E-state index in [0.717, 1.165) is 23.1 Å². The summed E-state index contributed by atoms with van der Waals surface area (Å²) < 4.78 is 5.21. The smallest absolute Gasteiger partial charge is 0.143 e. The highest BCUT2D eigenvalue weighted by atomic mass is 16.5. The van der Waals surface area contributed by atoms with E-state index in [2.05, 4.69) is 62.4 Å². The van der Waals surface area contributed by atoms with Crippen molar-refractivity contribution in [2.75, 3.05) is 7.11 Å². The Labute approximate surface area is 152 Å². The lowest BCUT2D eigenvalue weighted by Crippen LogP contribution is -2.30. The average molecular weight is 338 g/mol. The number of ether oxygens (including phenoxy) is 1. The Morgan fingerprint density at radius 2 is 1.76 bits per heavy atom. The minimum Gasteiger partial charge on any atom is -0.380 e. The van der Waals surface area contributed by atoms with Crippen LogP contribution in [0.4, 0.5) is 0 Å². The summed E-state index contributed by atoms with van der Waals surface area (Å²) in [5.41, 5.74) is 4.13. The third-order valence-corrected chi connectivity index (χ3v) is 5.11. The van der Waals surface area contributed by atoms with E-state index in [1.54, 1.807) is 7.11 Å². The van der Waals surface area contributed by atoms with Crippen molar-refractivity contribution in [3.05, 3.63) is 59.7 Å². The van der Waals surface area contributed by atoms with Crippen LogP contribution in [0.25, 0.3) is 11.1 Å². The molecule has 0 amide bonds. The van der Waals surface area contributed by atoms with E-state index in [4.69, 9.17) is 4.74 Å². The van der Waals surface area contributed by atoms with Crippen molar-refractivity contribution < 1.29 is 9.53 Å². The lowest BCUT2D eigenvalue weighted by molar-refractivity contribution is -0.124. The van der Waals surface area contributed by atoms with Crippen LogP contribution in [0.15, 0.2) is 48.5 Å². The first-order valence-electron chi connectivity index (χ1n) is 9.10. The van der Waals surface area contributed by atoms with Gasteiger partial charge in [0, 0.05) is 18.9 Å². The zero-order valence-electron chi connectivity index (χ0n) is 16.1. The van der Waals surface area contributed by atoms with Crippen LogP contribution in [-0.4, -0.2) is 12.9 Å². The zero-order valence-corrected chi connectivity index (χ0v) is 16.1. The van der Waals surface area contributed by atoms with Gasteiger partial charge < -0.3 is 4.74 Å². The Bertz CT molecular complexity index is 698. The van der Waals surface area contributed by atoms with E-state index in [0.29, 0.717) is 24.7 Å². The minimum absolute atomic E-state index is 0.316. The third-order valence-electron chi connectivity index (χ3n) is 5.11. The number of hydrogen-bond acceptors (Lipinski definition) is 2. The molecular weight excluding hydrogens is 308 g/mol. The van der Waals surface area contributed by atoms with E-state index in [1.807, 2.05) is 13.8 Å². The number of benzene rings is 2. The van der Waals surface area contributed by atoms with Gasteiger partial charge in [-0.25, -0.2) is 0 Å². The lowest BCUT2D eigenvalue weighted by Gasteiger charge is -2.25. The molecule has 2 nitrogen and oxygen atoms in total. The van der Waals surface area contributed by atoms with Gasteiger partial charge in [-0.05, 0) is 48.1 Å². The minimum atomic E-state index is -0.445. The quantitative estimate of drug-likeness (QED) is 0.609. The molecule has 0 radical (unpaired) electrons. The first kappa shape index (κ1) is 19.4. The summed E-state index contributed by atoms with van der Waals surface area (Å²) >= 11 is 0. The molecule has 0 aromatic heterocycles. The third kappa shape index (κ3) is 4.79. The number of carbonyl (C=O) groups is 1. The second-order valence-corrected chi connectivity index (χ2v) is 7.48. The van der Waals surface area contributed by atoms with Crippen LogP contribution in [0.5, 0.6) is 0 Å². The van der Waals surface area contributed by atoms with E-state index >= 15 is 0 Å². The zero-order chi connectivity index (χ0) is 18.4. The van der Waals surface area contributed by atoms with Crippen LogP contribution in [0.1, 0.15) is 51.7 Å². The number of hydrogen-bond donors (Lipinski definition) is 0. The van der Waals surface area contributed by atoms with Crippen LogP contribution in [0, 0.1) is 5.92 Å². The fraction of sp³-hybridized carbons (Fsp3) is 0.435. The maximum atomic E-state index is 12.7. The van der Waals surface area contributed by atoms with Crippen molar-refractivity contribution in [2.45, 2.75) is 52.6 Å². The highest BCUT2D eigenvalue weighted by Crippen LogP contribution is 2.30. The molecule has 0 heterocycles. The van der Waals surface area contributed by atoms with Crippen LogP contribution in [-0.2, 0) is 21.6 Å². The number of ketones is 1. The number of Topliss-reactive ketones (excluding diaryl/α,β-unsaturated/α-hetero) is 1. The van der Waals surface area contributed by atoms with Gasteiger partial charge in [0.15, 0.2) is 0 Å². The Morgan fingerprint density at radius 1 is 1.08 bits per heavy atom. The second-order valence-electron chi connectivity index (χ2n) is 7.48. The van der Waals surface area contributed by atoms with Gasteiger partial charge in [0.25, 0.3) is 0 Å². The molecule has 0 bridgehead atoms. The number of rotatable bonds is 8. The van der Waals surface area contributed by atoms with Gasteiger partial charge in [-0.2, -0.15) is 0 Å². The van der Waals surface area contributed by atoms with Crippen molar-refractivity contribution in [3.8, 4) is 11.1 Å². The molecule has 0 fully saturated rings. The average Bonchev–Trinajstić information content (AvgIpc) is 2.62. The van der Waals surface area contributed by atoms with Crippen molar-refractivity contribution in [1.29, 1.82) is 0 Å². The second kappa shape index (κ2) is 8.44. The highest BCUT2D eigenvalue weighted by molar-refractivity contribution is 5.89. The number of methoxy groups -OCH3 is 1. The molecule has 134 valence electrons. The monoisotopic (exact) mass is 338 g/mol. The molecule has 25 heavy (non-hydrogen) atoms. The standard InChI is InChI=1S/C23H30O2/c1-6-17(2)14-22(24)23(3,4)21-12-10-19(11-13-21)20-9-7-8-18(15-20)16-25-5/h7-13,15,17H,6,14,16H2,1-5H3/t17-/m1/s1. The molecule has 2 rings (SSSR count). The predicted molar refractivity (Wildman–Crippen MR) is 105 cm³/mol. The Hall–Kier alpha value is -1.93. The number of carbonyl (C=O) groups excluding carboxylic acids is 1. The van der Waals surface area contributed by atoms with Crippen LogP contribution in [0.3, 0.4) is 0 Å². The SMILES string of the molecule is CC[C@@H](C)CC(=O)C(C)(C)c1ccc(-c2cccc(COC)c2)cc1. The first-order chi connectivity index (χ1) is 11.9. The Morgan fingerprint density at radius 3 is 2.36 bits per heavy atom. The normalized spacial score (nSPS) is 12.8. The van der Waals surface area contributed by atoms with Gasteiger partial charge in [0.1, 0.15) is 5.78 Å². The van der Waals surface area contributed by atoms with Gasteiger partial charge in [0.05, 0.1) is 6.61 Å².